The Morgan fingerprint density at radius 2 is 1.85 bits per heavy atom. The molecule has 0 radical (unpaired) electrons. The van der Waals surface area contributed by atoms with Crippen molar-refractivity contribution < 1.29 is 4.79 Å². The van der Waals surface area contributed by atoms with Crippen molar-refractivity contribution in [1.82, 2.24) is 19.7 Å². The van der Waals surface area contributed by atoms with Gasteiger partial charge in [-0.25, -0.2) is 9.67 Å². The van der Waals surface area contributed by atoms with Gasteiger partial charge in [-0.1, -0.05) is 56.3 Å². The number of fused-ring (bicyclic) bond motifs is 1. The van der Waals surface area contributed by atoms with Crippen LogP contribution in [0, 0.1) is 18.8 Å². The smallest absolute Gasteiger partial charge is 0.256 e. The molecule has 5 rings (SSSR count). The van der Waals surface area contributed by atoms with Gasteiger partial charge in [-0.2, -0.15) is 5.10 Å². The average molecular weight is 535 g/mol. The molecule has 5 aromatic rings. The average Bonchev–Trinajstić information content (AvgIpc) is 3.34. The Balaban J connectivity index is 1.48. The van der Waals surface area contributed by atoms with Crippen molar-refractivity contribution in [2.45, 2.75) is 33.1 Å². The van der Waals surface area contributed by atoms with Crippen LogP contribution in [0.1, 0.15) is 53.5 Å². The van der Waals surface area contributed by atoms with Gasteiger partial charge in [-0.05, 0) is 55.0 Å². The normalized spacial score (nSPS) is 11.2. The van der Waals surface area contributed by atoms with E-state index in [2.05, 4.69) is 47.9 Å². The van der Waals surface area contributed by atoms with E-state index in [0.29, 0.717) is 22.0 Å². The quantitative estimate of drug-likeness (QED) is 0.264. The molecule has 3 heterocycles. The highest BCUT2D eigenvalue weighted by molar-refractivity contribution is 6.32. The Morgan fingerprint density at radius 1 is 1.03 bits per heavy atom. The molecule has 0 fully saturated rings. The fourth-order valence-electron chi connectivity index (χ4n) is 3.97. The van der Waals surface area contributed by atoms with E-state index >= 15 is 0 Å². The minimum atomic E-state index is -0.265. The number of aromatic nitrogens is 4. The Hall–Kier alpha value is -4.67. The van der Waals surface area contributed by atoms with Gasteiger partial charge >= 0.3 is 0 Å². The van der Waals surface area contributed by atoms with E-state index in [0.717, 1.165) is 33.4 Å². The molecule has 0 aliphatic carbocycles. The highest BCUT2D eigenvalue weighted by Gasteiger charge is 2.22. The lowest BCUT2D eigenvalue weighted by molar-refractivity contribution is 0.102. The van der Waals surface area contributed by atoms with E-state index in [1.54, 1.807) is 35.3 Å². The third-order valence-electron chi connectivity index (χ3n) is 6.26. The molecule has 0 saturated carbocycles. The number of hydrogen-bond donors (Lipinski definition) is 2. The minimum Gasteiger partial charge on any atom is -0.382 e. The lowest BCUT2D eigenvalue weighted by atomic mass is 9.92. The molecule has 194 valence electrons. The Kier molecular flexibility index (Phi) is 6.81. The summed E-state index contributed by atoms with van der Waals surface area (Å²) in [7, 11) is 0. The molecule has 0 aliphatic heterocycles. The largest absolute Gasteiger partial charge is 0.382 e. The zero-order valence-electron chi connectivity index (χ0n) is 22.1. The summed E-state index contributed by atoms with van der Waals surface area (Å²) in [6, 6.07) is 18.8. The first kappa shape index (κ1) is 26.0. The van der Waals surface area contributed by atoms with Gasteiger partial charge in [0.25, 0.3) is 5.91 Å². The molecule has 0 aliphatic rings. The highest BCUT2D eigenvalue weighted by atomic mass is 35.5. The number of benzene rings is 2. The summed E-state index contributed by atoms with van der Waals surface area (Å²) in [4.78, 5) is 21.9. The number of nitrogens with zero attached hydrogens (tertiary/aromatic N) is 4. The summed E-state index contributed by atoms with van der Waals surface area (Å²) < 4.78 is 1.76. The maximum Gasteiger partial charge on any atom is 0.256 e. The van der Waals surface area contributed by atoms with Crippen LogP contribution >= 0.6 is 11.6 Å². The van der Waals surface area contributed by atoms with Crippen molar-refractivity contribution in [1.29, 1.82) is 0 Å². The van der Waals surface area contributed by atoms with E-state index in [4.69, 9.17) is 22.4 Å². The van der Waals surface area contributed by atoms with Gasteiger partial charge in [0.2, 0.25) is 0 Å². The zero-order chi connectivity index (χ0) is 27.7. The Bertz CT molecular complexity index is 1790. The van der Waals surface area contributed by atoms with E-state index in [-0.39, 0.29) is 17.1 Å². The summed E-state index contributed by atoms with van der Waals surface area (Å²) in [5.41, 5.74) is 10.8. The first-order valence-corrected chi connectivity index (χ1v) is 12.8. The molecule has 8 heteroatoms. The lowest BCUT2D eigenvalue weighted by Gasteiger charge is -2.14. The first-order chi connectivity index (χ1) is 18.6. The van der Waals surface area contributed by atoms with E-state index < -0.39 is 0 Å². The molecule has 39 heavy (non-hydrogen) atoms. The number of amides is 1. The summed E-state index contributed by atoms with van der Waals surface area (Å²) in [5, 5.41) is 9.24. The number of aryl methyl sites for hydroxylation is 1. The van der Waals surface area contributed by atoms with Crippen molar-refractivity contribution in [2.24, 2.45) is 0 Å². The van der Waals surface area contributed by atoms with Gasteiger partial charge in [-0.15, -0.1) is 0 Å². The molecule has 7 nitrogen and oxygen atoms in total. The van der Waals surface area contributed by atoms with Crippen LogP contribution in [0.5, 0.6) is 0 Å². The number of carbonyl (C=O) groups is 1. The number of nitrogens with two attached hydrogens (primary N) is 1. The summed E-state index contributed by atoms with van der Waals surface area (Å²) in [5.74, 6) is 6.73. The van der Waals surface area contributed by atoms with Crippen molar-refractivity contribution in [3.05, 3.63) is 106 Å². The van der Waals surface area contributed by atoms with Gasteiger partial charge in [0.05, 0.1) is 21.9 Å². The van der Waals surface area contributed by atoms with Gasteiger partial charge in [-0.3, -0.25) is 9.78 Å². The second-order valence-corrected chi connectivity index (χ2v) is 10.7. The van der Waals surface area contributed by atoms with Crippen LogP contribution in [-0.4, -0.2) is 25.7 Å². The number of rotatable bonds is 3. The second-order valence-electron chi connectivity index (χ2n) is 10.3. The van der Waals surface area contributed by atoms with Crippen molar-refractivity contribution in [2.75, 3.05) is 11.1 Å². The monoisotopic (exact) mass is 534 g/mol. The topological polar surface area (TPSA) is 98.7 Å². The fraction of sp³-hybridized carbons (Fsp3) is 0.161. The van der Waals surface area contributed by atoms with E-state index in [9.17, 15) is 4.79 Å². The predicted octanol–water partition coefficient (Wildman–Crippen LogP) is 6.31. The highest BCUT2D eigenvalue weighted by Crippen LogP contribution is 2.28. The Morgan fingerprint density at radius 3 is 2.62 bits per heavy atom. The van der Waals surface area contributed by atoms with Crippen LogP contribution in [0.2, 0.25) is 5.02 Å². The molecule has 0 unspecified atom stereocenters. The molecule has 1 amide bonds. The molecule has 3 aromatic heterocycles. The van der Waals surface area contributed by atoms with E-state index in [1.165, 1.54) is 0 Å². The third-order valence-corrected chi connectivity index (χ3v) is 6.56. The van der Waals surface area contributed by atoms with Crippen LogP contribution in [0.15, 0.2) is 73.1 Å². The van der Waals surface area contributed by atoms with Crippen molar-refractivity contribution >= 4 is 40.0 Å². The second kappa shape index (κ2) is 10.2. The van der Waals surface area contributed by atoms with Crippen LogP contribution in [0.4, 0.5) is 11.6 Å². The number of nitrogen functional groups attached to an aromatic ring is 1. The molecular formula is C31H27ClN6O. The maximum atomic E-state index is 13.4. The fourth-order valence-corrected chi connectivity index (χ4v) is 4.14. The summed E-state index contributed by atoms with van der Waals surface area (Å²) >= 11 is 6.07. The zero-order valence-corrected chi connectivity index (χ0v) is 22.8. The molecule has 0 atom stereocenters. The number of nitrogens with one attached hydrogen (secondary N) is 1. The number of anilines is 2. The van der Waals surface area contributed by atoms with Gasteiger partial charge in [0.1, 0.15) is 11.6 Å². The molecule has 2 aromatic carbocycles. The van der Waals surface area contributed by atoms with Crippen molar-refractivity contribution in [3.8, 4) is 17.5 Å². The summed E-state index contributed by atoms with van der Waals surface area (Å²) in [6.07, 6.45) is 3.33. The van der Waals surface area contributed by atoms with Crippen LogP contribution in [0.25, 0.3) is 16.6 Å². The first-order valence-electron chi connectivity index (χ1n) is 12.4. The summed E-state index contributed by atoms with van der Waals surface area (Å²) in [6.45, 7) is 8.21. The van der Waals surface area contributed by atoms with Crippen LogP contribution < -0.4 is 11.1 Å². The van der Waals surface area contributed by atoms with Crippen molar-refractivity contribution in [3.63, 3.8) is 0 Å². The minimum absolute atomic E-state index is 0.213. The molecule has 0 bridgehead atoms. The van der Waals surface area contributed by atoms with Gasteiger partial charge < -0.3 is 11.1 Å². The SMILES string of the molecule is Cc1ccc(C(=O)Nc2cc(C(C)(C)C)nn2-c2ccc3ncccc3c2)cc1C#Cc1cnc(N)c(Cl)c1. The van der Waals surface area contributed by atoms with Gasteiger partial charge in [0, 0.05) is 46.0 Å². The number of carbonyl (C=O) groups excluding carboxylic acids is 1. The maximum absolute atomic E-state index is 13.4. The van der Waals surface area contributed by atoms with Crippen LogP contribution in [0.3, 0.4) is 0 Å². The number of pyridine rings is 2. The standard InChI is InChI=1S/C31H27ClN6O/c1-19-7-9-23(15-21(19)10-8-20-14-25(32)29(33)35-18-20)30(39)36-28-17-27(31(2,3)4)37-38(28)24-11-12-26-22(16-24)6-5-13-34-26/h5-7,9,11-18H,1-4H3,(H2,33,35)(H,36,39). The number of halogens is 1. The molecule has 3 N–H and O–H groups in total. The third kappa shape index (κ3) is 5.62. The van der Waals surface area contributed by atoms with Gasteiger partial charge in [0.15, 0.2) is 0 Å². The lowest BCUT2D eigenvalue weighted by Crippen LogP contribution is -2.15. The van der Waals surface area contributed by atoms with Crippen LogP contribution in [-0.2, 0) is 5.41 Å². The Labute approximate surface area is 232 Å². The molecule has 0 saturated heterocycles. The molecular weight excluding hydrogens is 508 g/mol. The number of hydrogen-bond acceptors (Lipinski definition) is 5. The molecule has 0 spiro atoms. The van der Waals surface area contributed by atoms with E-state index in [1.807, 2.05) is 49.4 Å². The predicted molar refractivity (Wildman–Crippen MR) is 156 cm³/mol.